The zero-order valence-electron chi connectivity index (χ0n) is 10.7. The second-order valence-electron chi connectivity index (χ2n) is 4.26. The topological polar surface area (TPSA) is 42.2 Å². The summed E-state index contributed by atoms with van der Waals surface area (Å²) < 4.78 is 0. The molecule has 1 rings (SSSR count). The molecule has 0 spiro atoms. The van der Waals surface area contributed by atoms with E-state index in [-0.39, 0.29) is 0 Å². The molecule has 0 bridgehead atoms. The van der Waals surface area contributed by atoms with Crippen LogP contribution in [0.1, 0.15) is 39.5 Å². The van der Waals surface area contributed by atoms with Gasteiger partial charge in [-0.15, -0.1) is 0 Å². The molecule has 0 saturated carbocycles. The number of rotatable bonds is 7. The third-order valence-corrected chi connectivity index (χ3v) is 2.93. The monoisotopic (exact) mass is 255 g/mol. The van der Waals surface area contributed by atoms with E-state index in [9.17, 15) is 0 Å². The molecule has 2 N–H and O–H groups in total. The largest absolute Gasteiger partial charge is 0.396 e. The summed E-state index contributed by atoms with van der Waals surface area (Å²) in [6.07, 6.45) is 6.34. The van der Waals surface area contributed by atoms with Crippen molar-refractivity contribution in [3.63, 3.8) is 0 Å². The lowest BCUT2D eigenvalue weighted by Crippen LogP contribution is -2.27. The molecule has 0 radical (unpaired) electrons. The number of hydrogen-bond donors (Lipinski definition) is 1. The van der Waals surface area contributed by atoms with Crippen LogP contribution in [0, 0.1) is 0 Å². The summed E-state index contributed by atoms with van der Waals surface area (Å²) in [5, 5.41) is 0.595. The van der Waals surface area contributed by atoms with Crippen molar-refractivity contribution in [3.8, 4) is 0 Å². The summed E-state index contributed by atoms with van der Waals surface area (Å²) in [5.74, 6) is 0.872. The van der Waals surface area contributed by atoms with Gasteiger partial charge in [-0.25, -0.2) is 4.98 Å². The summed E-state index contributed by atoms with van der Waals surface area (Å²) in [6.45, 7) is 6.40. The van der Waals surface area contributed by atoms with Gasteiger partial charge in [-0.3, -0.25) is 0 Å². The van der Waals surface area contributed by atoms with E-state index in [4.69, 9.17) is 17.3 Å². The second-order valence-corrected chi connectivity index (χ2v) is 4.70. The molecule has 0 aliphatic heterocycles. The summed E-state index contributed by atoms with van der Waals surface area (Å²) >= 11 is 5.87. The smallest absolute Gasteiger partial charge is 0.151 e. The van der Waals surface area contributed by atoms with Crippen molar-refractivity contribution in [1.29, 1.82) is 0 Å². The fourth-order valence-electron chi connectivity index (χ4n) is 1.73. The Morgan fingerprint density at radius 1 is 1.24 bits per heavy atom. The maximum atomic E-state index is 5.98. The minimum absolute atomic E-state index is 0.595. The van der Waals surface area contributed by atoms with Crippen LogP contribution in [0.5, 0.6) is 0 Å². The second kappa shape index (κ2) is 7.38. The lowest BCUT2D eigenvalue weighted by Gasteiger charge is -2.24. The summed E-state index contributed by atoms with van der Waals surface area (Å²) in [6, 6.07) is 1.77. The van der Waals surface area contributed by atoms with Crippen LogP contribution in [0.4, 0.5) is 11.5 Å². The fourth-order valence-corrected chi connectivity index (χ4v) is 1.90. The average molecular weight is 256 g/mol. The van der Waals surface area contributed by atoms with Crippen molar-refractivity contribution in [2.45, 2.75) is 39.5 Å². The average Bonchev–Trinajstić information content (AvgIpc) is 2.30. The van der Waals surface area contributed by atoms with Crippen molar-refractivity contribution in [3.05, 3.63) is 17.3 Å². The first kappa shape index (κ1) is 14.1. The molecule has 17 heavy (non-hydrogen) atoms. The molecule has 0 unspecified atom stereocenters. The van der Waals surface area contributed by atoms with Crippen molar-refractivity contribution >= 4 is 23.1 Å². The van der Waals surface area contributed by atoms with Crippen LogP contribution in [0.2, 0.25) is 5.02 Å². The molecule has 0 fully saturated rings. The van der Waals surface area contributed by atoms with Crippen LogP contribution in [-0.2, 0) is 0 Å². The molecular formula is C13H22ClN3. The van der Waals surface area contributed by atoms with Gasteiger partial charge in [-0.05, 0) is 18.9 Å². The molecule has 0 amide bonds. The number of nitrogen functional groups attached to an aromatic ring is 1. The summed E-state index contributed by atoms with van der Waals surface area (Å²) in [5.41, 5.74) is 6.65. The number of aromatic nitrogens is 1. The van der Waals surface area contributed by atoms with Crippen LogP contribution >= 0.6 is 11.6 Å². The summed E-state index contributed by atoms with van der Waals surface area (Å²) in [7, 11) is 0. The van der Waals surface area contributed by atoms with Crippen LogP contribution in [0.25, 0.3) is 0 Å². The molecular weight excluding hydrogens is 234 g/mol. The molecule has 0 atom stereocenters. The highest BCUT2D eigenvalue weighted by molar-refractivity contribution is 6.30. The molecule has 96 valence electrons. The molecule has 1 heterocycles. The molecule has 4 heteroatoms. The normalized spacial score (nSPS) is 10.5. The Balaban J connectivity index is 2.79. The molecule has 0 aromatic carbocycles. The van der Waals surface area contributed by atoms with Crippen LogP contribution < -0.4 is 10.6 Å². The van der Waals surface area contributed by atoms with E-state index in [1.165, 1.54) is 12.8 Å². The van der Waals surface area contributed by atoms with Gasteiger partial charge in [0.15, 0.2) is 5.82 Å². The number of nitrogens with zero attached hydrogens (tertiary/aromatic N) is 2. The first-order valence-electron chi connectivity index (χ1n) is 6.35. The Hall–Kier alpha value is -0.960. The maximum absolute atomic E-state index is 5.98. The number of unbranched alkanes of at least 4 members (excludes halogenated alkanes) is 2. The molecule has 0 aliphatic rings. The SMILES string of the molecule is CCCCN(CCCC)c1ncc(Cl)cc1N. The van der Waals surface area contributed by atoms with Crippen molar-refractivity contribution < 1.29 is 0 Å². The predicted molar refractivity (Wildman–Crippen MR) is 75.7 cm³/mol. The van der Waals surface area contributed by atoms with E-state index in [2.05, 4.69) is 23.7 Å². The molecule has 0 aliphatic carbocycles. The van der Waals surface area contributed by atoms with Gasteiger partial charge in [0.25, 0.3) is 0 Å². The highest BCUT2D eigenvalue weighted by Gasteiger charge is 2.10. The van der Waals surface area contributed by atoms with Crippen molar-refractivity contribution in [2.75, 3.05) is 23.7 Å². The lowest BCUT2D eigenvalue weighted by atomic mass is 10.2. The number of halogens is 1. The van der Waals surface area contributed by atoms with Gasteiger partial charge in [0, 0.05) is 19.3 Å². The zero-order valence-corrected chi connectivity index (χ0v) is 11.5. The van der Waals surface area contributed by atoms with Crippen molar-refractivity contribution in [2.24, 2.45) is 0 Å². The van der Waals surface area contributed by atoms with Crippen LogP contribution in [0.15, 0.2) is 12.3 Å². The van der Waals surface area contributed by atoms with E-state index in [0.29, 0.717) is 10.7 Å². The quantitative estimate of drug-likeness (QED) is 0.807. The Labute approximate surface area is 109 Å². The Bertz CT molecular complexity index is 333. The first-order valence-corrected chi connectivity index (χ1v) is 6.72. The van der Waals surface area contributed by atoms with Gasteiger partial charge >= 0.3 is 0 Å². The van der Waals surface area contributed by atoms with Gasteiger partial charge in [-0.2, -0.15) is 0 Å². The van der Waals surface area contributed by atoms with Gasteiger partial charge in [0.1, 0.15) is 0 Å². The zero-order chi connectivity index (χ0) is 12.7. The highest BCUT2D eigenvalue weighted by Crippen LogP contribution is 2.24. The Morgan fingerprint density at radius 3 is 2.29 bits per heavy atom. The highest BCUT2D eigenvalue weighted by atomic mass is 35.5. The number of hydrogen-bond acceptors (Lipinski definition) is 3. The molecule has 1 aromatic rings. The molecule has 0 saturated heterocycles. The molecule has 1 aromatic heterocycles. The third-order valence-electron chi connectivity index (χ3n) is 2.72. The third kappa shape index (κ3) is 4.43. The van der Waals surface area contributed by atoms with E-state index in [1.807, 2.05) is 0 Å². The van der Waals surface area contributed by atoms with Gasteiger partial charge in [-0.1, -0.05) is 38.3 Å². The van der Waals surface area contributed by atoms with Crippen LogP contribution in [0.3, 0.4) is 0 Å². The van der Waals surface area contributed by atoms with Gasteiger partial charge in [0.05, 0.1) is 10.7 Å². The fraction of sp³-hybridized carbons (Fsp3) is 0.615. The van der Waals surface area contributed by atoms with E-state index >= 15 is 0 Å². The lowest BCUT2D eigenvalue weighted by molar-refractivity contribution is 0.672. The number of pyridine rings is 1. The summed E-state index contributed by atoms with van der Waals surface area (Å²) in [4.78, 5) is 6.62. The minimum atomic E-state index is 0.595. The predicted octanol–water partition coefficient (Wildman–Crippen LogP) is 3.72. The van der Waals surface area contributed by atoms with E-state index in [1.54, 1.807) is 12.3 Å². The standard InChI is InChI=1S/C13H22ClN3/c1-3-5-7-17(8-6-4-2)13-12(15)9-11(14)10-16-13/h9-10H,3-8,15H2,1-2H3. The van der Waals surface area contributed by atoms with Crippen molar-refractivity contribution in [1.82, 2.24) is 4.98 Å². The Kier molecular flexibility index (Phi) is 6.12. The molecule has 3 nitrogen and oxygen atoms in total. The van der Waals surface area contributed by atoms with Gasteiger partial charge in [0.2, 0.25) is 0 Å². The Morgan fingerprint density at radius 2 is 1.82 bits per heavy atom. The minimum Gasteiger partial charge on any atom is -0.396 e. The first-order chi connectivity index (χ1) is 8.19. The maximum Gasteiger partial charge on any atom is 0.151 e. The van der Waals surface area contributed by atoms with Gasteiger partial charge < -0.3 is 10.6 Å². The number of nitrogens with two attached hydrogens (primary N) is 1. The van der Waals surface area contributed by atoms with E-state index < -0.39 is 0 Å². The number of anilines is 2. The van der Waals surface area contributed by atoms with Crippen LogP contribution in [-0.4, -0.2) is 18.1 Å². The van der Waals surface area contributed by atoms with E-state index in [0.717, 1.165) is 31.7 Å².